The smallest absolute Gasteiger partial charge is 0.469 e. The molecule has 0 aliphatic heterocycles. The van der Waals surface area contributed by atoms with E-state index in [0.29, 0.717) is 36.1 Å². The monoisotopic (exact) mass is 383 g/mol. The van der Waals surface area contributed by atoms with Gasteiger partial charge in [0.25, 0.3) is 0 Å². The number of nitrogens with one attached hydrogen (secondary N) is 1. The fourth-order valence-electron chi connectivity index (χ4n) is 4.39. The summed E-state index contributed by atoms with van der Waals surface area (Å²) < 4.78 is 21.7. The van der Waals surface area contributed by atoms with E-state index in [2.05, 4.69) is 5.32 Å². The zero-order valence-corrected chi connectivity index (χ0v) is 15.7. The maximum Gasteiger partial charge on any atom is 0.469 e. The Morgan fingerprint density at radius 3 is 2.46 bits per heavy atom. The molecule has 144 valence electrons. The van der Waals surface area contributed by atoms with Gasteiger partial charge in [-0.1, -0.05) is 37.8 Å². The van der Waals surface area contributed by atoms with Crippen LogP contribution in [0.25, 0.3) is 0 Å². The first-order valence-corrected chi connectivity index (χ1v) is 10.6. The van der Waals surface area contributed by atoms with E-state index >= 15 is 0 Å². The number of carbonyl (C=O) groups is 1. The molecule has 0 bridgehead atoms. The minimum absolute atomic E-state index is 0.281. The second-order valence-corrected chi connectivity index (χ2v) is 8.40. The molecule has 1 aromatic carbocycles. The number of phosphoric acid groups is 1. The highest BCUT2D eigenvalue weighted by molar-refractivity contribution is 7.46. The number of ether oxygens (including phenoxy) is 1. The Kier molecular flexibility index (Phi) is 6.03. The van der Waals surface area contributed by atoms with Crippen LogP contribution in [0.2, 0.25) is 0 Å². The molecule has 0 aromatic heterocycles. The molecule has 8 heteroatoms. The number of anilines is 1. The molecule has 26 heavy (non-hydrogen) atoms. The van der Waals surface area contributed by atoms with Crippen molar-refractivity contribution in [3.8, 4) is 5.75 Å². The van der Waals surface area contributed by atoms with Crippen molar-refractivity contribution in [3.63, 3.8) is 0 Å². The number of hydrogen-bond donors (Lipinski definition) is 3. The number of rotatable bonds is 5. The molecule has 0 radical (unpaired) electrons. The Balaban J connectivity index is 1.78. The van der Waals surface area contributed by atoms with Crippen molar-refractivity contribution in [2.45, 2.75) is 44.6 Å². The summed E-state index contributed by atoms with van der Waals surface area (Å²) in [6.07, 6.45) is 4.70. The second-order valence-electron chi connectivity index (χ2n) is 7.21. The van der Waals surface area contributed by atoms with Crippen LogP contribution in [0, 0.1) is 17.8 Å². The maximum atomic E-state index is 12.9. The zero-order chi connectivity index (χ0) is 18.7. The lowest BCUT2D eigenvalue weighted by atomic mass is 9.66. The summed E-state index contributed by atoms with van der Waals surface area (Å²) in [5.74, 6) is 0.452. The Labute approximate surface area is 153 Å². The third-order valence-corrected chi connectivity index (χ3v) is 6.13. The lowest BCUT2D eigenvalue weighted by Crippen LogP contribution is -2.43. The van der Waals surface area contributed by atoms with Crippen LogP contribution >= 0.6 is 7.82 Å². The molecular formula is C18H26NO6P. The number of hydrogen-bond acceptors (Lipinski definition) is 4. The summed E-state index contributed by atoms with van der Waals surface area (Å²) in [7, 11) is -3.14. The Hall–Kier alpha value is -1.40. The summed E-state index contributed by atoms with van der Waals surface area (Å²) in [5.41, 5.74) is 0.542. The molecule has 0 spiro atoms. The zero-order valence-electron chi connectivity index (χ0n) is 14.8. The van der Waals surface area contributed by atoms with E-state index in [1.165, 1.54) is 7.11 Å². The Bertz CT molecular complexity index is 690. The van der Waals surface area contributed by atoms with Crippen LogP contribution in [0.5, 0.6) is 5.75 Å². The highest BCUT2D eigenvalue weighted by atomic mass is 31.2. The van der Waals surface area contributed by atoms with Crippen LogP contribution in [0.3, 0.4) is 0 Å². The van der Waals surface area contributed by atoms with Gasteiger partial charge in [-0.25, -0.2) is 4.57 Å². The third-order valence-electron chi connectivity index (χ3n) is 5.58. The van der Waals surface area contributed by atoms with Crippen LogP contribution in [0.4, 0.5) is 5.69 Å². The first-order valence-electron chi connectivity index (χ1n) is 9.05. The van der Waals surface area contributed by atoms with Crippen molar-refractivity contribution >= 4 is 19.4 Å². The largest absolute Gasteiger partial charge is 0.495 e. The van der Waals surface area contributed by atoms with Crippen molar-refractivity contribution in [3.05, 3.63) is 24.3 Å². The number of benzene rings is 1. The normalized spacial score (nSPS) is 28.9. The van der Waals surface area contributed by atoms with Crippen LogP contribution in [-0.4, -0.2) is 28.9 Å². The van der Waals surface area contributed by atoms with Gasteiger partial charge in [0.1, 0.15) is 5.75 Å². The molecular weight excluding hydrogens is 357 g/mol. The van der Waals surface area contributed by atoms with E-state index in [1.807, 2.05) is 0 Å². The summed E-state index contributed by atoms with van der Waals surface area (Å²) in [4.78, 5) is 31.5. The van der Waals surface area contributed by atoms with Gasteiger partial charge in [0, 0.05) is 0 Å². The van der Waals surface area contributed by atoms with E-state index in [4.69, 9.17) is 9.26 Å². The van der Waals surface area contributed by atoms with Crippen LogP contribution < -0.4 is 10.1 Å². The molecule has 1 aromatic rings. The van der Waals surface area contributed by atoms with Gasteiger partial charge >= 0.3 is 7.82 Å². The van der Waals surface area contributed by atoms with Gasteiger partial charge in [-0.3, -0.25) is 9.32 Å². The average molecular weight is 383 g/mol. The third kappa shape index (κ3) is 4.65. The maximum absolute atomic E-state index is 12.9. The topological polar surface area (TPSA) is 105 Å². The summed E-state index contributed by atoms with van der Waals surface area (Å²) in [6.45, 7) is 0. The minimum Gasteiger partial charge on any atom is -0.495 e. The van der Waals surface area contributed by atoms with E-state index in [-0.39, 0.29) is 5.91 Å². The molecule has 2 saturated carbocycles. The molecule has 2 fully saturated rings. The van der Waals surface area contributed by atoms with E-state index < -0.39 is 19.8 Å². The minimum atomic E-state index is -4.66. The van der Waals surface area contributed by atoms with Crippen molar-refractivity contribution < 1.29 is 28.4 Å². The van der Waals surface area contributed by atoms with Gasteiger partial charge in [-0.15, -0.1) is 0 Å². The molecule has 0 saturated heterocycles. The number of methoxy groups -OCH3 is 1. The predicted molar refractivity (Wildman–Crippen MR) is 96.7 cm³/mol. The molecule has 3 N–H and O–H groups in total. The number of fused-ring (bicyclic) bond motifs is 1. The van der Waals surface area contributed by atoms with Gasteiger partial charge in [0.05, 0.1) is 24.8 Å². The highest BCUT2D eigenvalue weighted by Crippen LogP contribution is 2.49. The van der Waals surface area contributed by atoms with Gasteiger partial charge in [0.2, 0.25) is 5.91 Å². The van der Waals surface area contributed by atoms with Crippen LogP contribution in [-0.2, 0) is 13.9 Å². The van der Waals surface area contributed by atoms with E-state index in [9.17, 15) is 19.1 Å². The second kappa shape index (κ2) is 8.09. The predicted octanol–water partition coefficient (Wildman–Crippen LogP) is 3.33. The molecule has 2 aliphatic rings. The lowest BCUT2D eigenvalue weighted by Gasteiger charge is -2.42. The standard InChI is InChI=1S/C18H26NO6P/c1-24-16-9-5-4-8-15(16)19-18(20)14-10-12-6-2-3-7-13(12)11-17(14)25-26(21,22)23/h4-5,8-9,12-14,17H,2-3,6-7,10-11H2,1H3,(H,19,20)(H2,21,22,23). The first kappa shape index (κ1) is 19.4. The van der Waals surface area contributed by atoms with Crippen molar-refractivity contribution in [2.24, 2.45) is 17.8 Å². The average Bonchev–Trinajstić information content (AvgIpc) is 2.60. The number of carbonyl (C=O) groups excluding carboxylic acids is 1. The first-order chi connectivity index (χ1) is 12.4. The van der Waals surface area contributed by atoms with Crippen molar-refractivity contribution in [1.29, 1.82) is 0 Å². The summed E-state index contributed by atoms with van der Waals surface area (Å²) >= 11 is 0. The fraction of sp³-hybridized carbons (Fsp3) is 0.611. The van der Waals surface area contributed by atoms with Crippen molar-refractivity contribution in [2.75, 3.05) is 12.4 Å². The van der Waals surface area contributed by atoms with Crippen LogP contribution in [0.1, 0.15) is 38.5 Å². The van der Waals surface area contributed by atoms with Gasteiger partial charge < -0.3 is 19.8 Å². The van der Waals surface area contributed by atoms with Gasteiger partial charge in [-0.05, 0) is 36.8 Å². The molecule has 0 heterocycles. The number of para-hydroxylation sites is 2. The number of amides is 1. The lowest BCUT2D eigenvalue weighted by molar-refractivity contribution is -0.127. The quantitative estimate of drug-likeness (QED) is 0.674. The molecule has 3 rings (SSSR count). The fourth-order valence-corrected chi connectivity index (χ4v) is 4.97. The molecule has 7 nitrogen and oxygen atoms in total. The number of phosphoric ester groups is 1. The van der Waals surface area contributed by atoms with Gasteiger partial charge in [-0.2, -0.15) is 0 Å². The summed E-state index contributed by atoms with van der Waals surface area (Å²) in [5, 5.41) is 2.85. The summed E-state index contributed by atoms with van der Waals surface area (Å²) in [6, 6.07) is 7.08. The molecule has 4 unspecified atom stereocenters. The van der Waals surface area contributed by atoms with Crippen LogP contribution in [0.15, 0.2) is 24.3 Å². The van der Waals surface area contributed by atoms with Gasteiger partial charge in [0.15, 0.2) is 0 Å². The highest BCUT2D eigenvalue weighted by Gasteiger charge is 2.44. The molecule has 4 atom stereocenters. The van der Waals surface area contributed by atoms with Crippen molar-refractivity contribution in [1.82, 2.24) is 0 Å². The Morgan fingerprint density at radius 1 is 1.15 bits per heavy atom. The molecule has 1 amide bonds. The Morgan fingerprint density at radius 2 is 1.81 bits per heavy atom. The molecule has 2 aliphatic carbocycles. The van der Waals surface area contributed by atoms with E-state index in [1.54, 1.807) is 24.3 Å². The van der Waals surface area contributed by atoms with E-state index in [0.717, 1.165) is 25.7 Å². The SMILES string of the molecule is COc1ccccc1NC(=O)C1CC2CCCCC2CC1OP(=O)(O)O.